The van der Waals surface area contributed by atoms with E-state index in [1.54, 1.807) is 0 Å². The van der Waals surface area contributed by atoms with Gasteiger partial charge in [0.1, 0.15) is 0 Å². The van der Waals surface area contributed by atoms with Gasteiger partial charge in [0, 0.05) is 6.20 Å². The first-order valence-electron chi connectivity index (χ1n) is 5.20. The van der Waals surface area contributed by atoms with Gasteiger partial charge in [-0.3, -0.25) is 14.6 Å². The summed E-state index contributed by atoms with van der Waals surface area (Å²) in [7, 11) is 0. The van der Waals surface area contributed by atoms with E-state index in [0.29, 0.717) is 6.07 Å². The van der Waals surface area contributed by atoms with Gasteiger partial charge in [0.05, 0.1) is 17.9 Å². The van der Waals surface area contributed by atoms with E-state index in [1.165, 1.54) is 6.92 Å². The summed E-state index contributed by atoms with van der Waals surface area (Å²) in [5.74, 6) is -5.13. The number of carboxylic acid groups (broad SMARTS) is 1. The molecular formula is C11H10F3NO4. The number of hydrogen-bond donors (Lipinski definition) is 1. The third-order valence-electron chi connectivity index (χ3n) is 2.19. The number of carboxylic acids is 1. The SMILES string of the molecule is CCOC(=O)C(C(=O)O)c1ncccc1C(F)(F)F. The van der Waals surface area contributed by atoms with Crippen LogP contribution in [0.2, 0.25) is 0 Å². The topological polar surface area (TPSA) is 76.5 Å². The van der Waals surface area contributed by atoms with Crippen LogP contribution in [0.3, 0.4) is 0 Å². The fraction of sp³-hybridized carbons (Fsp3) is 0.364. The Labute approximate surface area is 106 Å². The van der Waals surface area contributed by atoms with Crippen molar-refractivity contribution in [3.8, 4) is 0 Å². The van der Waals surface area contributed by atoms with Crippen LogP contribution < -0.4 is 0 Å². The van der Waals surface area contributed by atoms with Gasteiger partial charge in [-0.1, -0.05) is 0 Å². The average Bonchev–Trinajstić information content (AvgIpc) is 2.28. The Kier molecular flexibility index (Phi) is 4.47. The van der Waals surface area contributed by atoms with Crippen molar-refractivity contribution in [3.63, 3.8) is 0 Å². The van der Waals surface area contributed by atoms with E-state index in [0.717, 1.165) is 12.3 Å². The van der Waals surface area contributed by atoms with Gasteiger partial charge in [0.25, 0.3) is 0 Å². The van der Waals surface area contributed by atoms with Crippen molar-refractivity contribution in [2.24, 2.45) is 0 Å². The smallest absolute Gasteiger partial charge is 0.418 e. The van der Waals surface area contributed by atoms with Crippen molar-refractivity contribution < 1.29 is 32.6 Å². The van der Waals surface area contributed by atoms with Crippen LogP contribution >= 0.6 is 0 Å². The van der Waals surface area contributed by atoms with E-state index in [9.17, 15) is 22.8 Å². The molecule has 1 heterocycles. The third-order valence-corrected chi connectivity index (χ3v) is 2.19. The van der Waals surface area contributed by atoms with E-state index < -0.39 is 35.3 Å². The van der Waals surface area contributed by atoms with E-state index in [4.69, 9.17) is 5.11 Å². The molecule has 1 atom stereocenters. The second-order valence-electron chi connectivity index (χ2n) is 3.46. The Bertz CT molecular complexity index is 487. The van der Waals surface area contributed by atoms with E-state index >= 15 is 0 Å². The molecule has 5 nitrogen and oxygen atoms in total. The van der Waals surface area contributed by atoms with Crippen molar-refractivity contribution in [2.75, 3.05) is 6.61 Å². The molecule has 0 spiro atoms. The molecule has 1 aromatic heterocycles. The van der Waals surface area contributed by atoms with Crippen molar-refractivity contribution in [1.29, 1.82) is 0 Å². The molecule has 0 aromatic carbocycles. The normalized spacial score (nSPS) is 12.8. The molecule has 1 rings (SSSR count). The summed E-state index contributed by atoms with van der Waals surface area (Å²) in [6, 6.07) is 1.67. The highest BCUT2D eigenvalue weighted by Gasteiger charge is 2.41. The second-order valence-corrected chi connectivity index (χ2v) is 3.46. The van der Waals surface area contributed by atoms with Crippen LogP contribution in [0.5, 0.6) is 0 Å². The van der Waals surface area contributed by atoms with Crippen LogP contribution in [0, 0.1) is 0 Å². The summed E-state index contributed by atoms with van der Waals surface area (Å²) in [6.07, 6.45) is -3.82. The van der Waals surface area contributed by atoms with Gasteiger partial charge in [0.15, 0.2) is 5.92 Å². The summed E-state index contributed by atoms with van der Waals surface area (Å²) < 4.78 is 42.7. The minimum Gasteiger partial charge on any atom is -0.480 e. The summed E-state index contributed by atoms with van der Waals surface area (Å²) >= 11 is 0. The Morgan fingerprint density at radius 1 is 1.47 bits per heavy atom. The number of pyridine rings is 1. The van der Waals surface area contributed by atoms with Gasteiger partial charge in [0.2, 0.25) is 0 Å². The molecule has 0 saturated heterocycles. The Balaban J connectivity index is 3.32. The number of carbonyl (C=O) groups excluding carboxylic acids is 1. The fourth-order valence-corrected chi connectivity index (χ4v) is 1.44. The Hall–Kier alpha value is -2.12. The molecule has 1 N–H and O–H groups in total. The number of aromatic nitrogens is 1. The molecule has 0 aliphatic heterocycles. The number of nitrogens with zero attached hydrogens (tertiary/aromatic N) is 1. The van der Waals surface area contributed by atoms with Crippen molar-refractivity contribution in [3.05, 3.63) is 29.6 Å². The standard InChI is InChI=1S/C11H10F3NO4/c1-2-19-10(18)7(9(16)17)8-6(11(12,13)14)4-3-5-15-8/h3-5,7H,2H2,1H3,(H,16,17). The molecule has 19 heavy (non-hydrogen) atoms. The zero-order valence-corrected chi connectivity index (χ0v) is 9.77. The van der Waals surface area contributed by atoms with Gasteiger partial charge in [-0.25, -0.2) is 0 Å². The molecule has 8 heteroatoms. The van der Waals surface area contributed by atoms with Gasteiger partial charge >= 0.3 is 18.1 Å². The number of aliphatic carboxylic acids is 1. The van der Waals surface area contributed by atoms with Crippen LogP contribution in [0.25, 0.3) is 0 Å². The van der Waals surface area contributed by atoms with Crippen LogP contribution in [-0.4, -0.2) is 28.6 Å². The highest BCUT2D eigenvalue weighted by molar-refractivity contribution is 5.99. The number of esters is 1. The lowest BCUT2D eigenvalue weighted by Crippen LogP contribution is -2.27. The number of hydrogen-bond acceptors (Lipinski definition) is 4. The highest BCUT2D eigenvalue weighted by atomic mass is 19.4. The molecule has 0 radical (unpaired) electrons. The van der Waals surface area contributed by atoms with Crippen LogP contribution in [0.15, 0.2) is 18.3 Å². The Morgan fingerprint density at radius 2 is 2.11 bits per heavy atom. The average molecular weight is 277 g/mol. The molecule has 0 saturated carbocycles. The molecule has 104 valence electrons. The van der Waals surface area contributed by atoms with Gasteiger partial charge in [-0.05, 0) is 19.1 Å². The lowest BCUT2D eigenvalue weighted by Gasteiger charge is -2.16. The largest absolute Gasteiger partial charge is 0.480 e. The van der Waals surface area contributed by atoms with Crippen molar-refractivity contribution in [2.45, 2.75) is 19.0 Å². The third kappa shape index (κ3) is 3.43. The van der Waals surface area contributed by atoms with E-state index in [2.05, 4.69) is 9.72 Å². The number of halogens is 3. The predicted molar refractivity (Wildman–Crippen MR) is 56.2 cm³/mol. The molecule has 1 aromatic rings. The fourth-order valence-electron chi connectivity index (χ4n) is 1.44. The second kappa shape index (κ2) is 5.68. The first-order chi connectivity index (χ1) is 8.79. The number of rotatable bonds is 4. The molecular weight excluding hydrogens is 267 g/mol. The zero-order valence-electron chi connectivity index (χ0n) is 9.77. The van der Waals surface area contributed by atoms with Crippen molar-refractivity contribution in [1.82, 2.24) is 4.98 Å². The first-order valence-corrected chi connectivity index (χ1v) is 5.20. The summed E-state index contributed by atoms with van der Waals surface area (Å²) in [6.45, 7) is 1.27. The number of carbonyl (C=O) groups is 2. The first kappa shape index (κ1) is 14.9. The predicted octanol–water partition coefficient (Wildman–Crippen LogP) is 1.83. The molecule has 0 bridgehead atoms. The lowest BCUT2D eigenvalue weighted by atomic mass is 10.00. The van der Waals surface area contributed by atoms with Crippen LogP contribution in [0.1, 0.15) is 24.1 Å². The quantitative estimate of drug-likeness (QED) is 0.671. The van der Waals surface area contributed by atoms with Gasteiger partial charge in [-0.15, -0.1) is 0 Å². The number of alkyl halides is 3. The maximum Gasteiger partial charge on any atom is 0.418 e. The summed E-state index contributed by atoms with van der Waals surface area (Å²) in [5, 5.41) is 8.91. The molecule has 0 aliphatic carbocycles. The molecule has 1 unspecified atom stereocenters. The lowest BCUT2D eigenvalue weighted by molar-refractivity contribution is -0.154. The van der Waals surface area contributed by atoms with Gasteiger partial charge < -0.3 is 9.84 Å². The molecule has 0 amide bonds. The Morgan fingerprint density at radius 3 is 2.58 bits per heavy atom. The minimum absolute atomic E-state index is 0.142. The van der Waals surface area contributed by atoms with Crippen LogP contribution in [0.4, 0.5) is 13.2 Å². The summed E-state index contributed by atoms with van der Waals surface area (Å²) in [5.41, 5.74) is -2.14. The zero-order chi connectivity index (χ0) is 14.6. The highest BCUT2D eigenvalue weighted by Crippen LogP contribution is 2.34. The van der Waals surface area contributed by atoms with Crippen molar-refractivity contribution >= 4 is 11.9 Å². The molecule has 0 aliphatic rings. The maximum absolute atomic E-state index is 12.7. The van der Waals surface area contributed by atoms with Gasteiger partial charge in [-0.2, -0.15) is 13.2 Å². The number of ether oxygens (including phenoxy) is 1. The van der Waals surface area contributed by atoms with E-state index in [1.807, 2.05) is 0 Å². The minimum atomic E-state index is -4.80. The maximum atomic E-state index is 12.7. The molecule has 0 fully saturated rings. The van der Waals surface area contributed by atoms with E-state index in [-0.39, 0.29) is 6.61 Å². The summed E-state index contributed by atoms with van der Waals surface area (Å²) in [4.78, 5) is 25.8. The van der Waals surface area contributed by atoms with Crippen LogP contribution in [-0.2, 0) is 20.5 Å². The monoisotopic (exact) mass is 277 g/mol.